The van der Waals surface area contributed by atoms with Crippen molar-refractivity contribution in [2.24, 2.45) is 0 Å². The van der Waals surface area contributed by atoms with E-state index in [0.29, 0.717) is 13.2 Å². The fourth-order valence-corrected chi connectivity index (χ4v) is 7.99. The van der Waals surface area contributed by atoms with Crippen molar-refractivity contribution in [3.05, 3.63) is 102 Å². The van der Waals surface area contributed by atoms with Crippen LogP contribution in [0.4, 0.5) is 4.79 Å². The molecule has 224 valence electrons. The topological polar surface area (TPSA) is 53.1 Å². The zero-order chi connectivity index (χ0) is 29.4. The predicted molar refractivity (Wildman–Crippen MR) is 170 cm³/mol. The summed E-state index contributed by atoms with van der Waals surface area (Å²) in [5, 5.41) is 0. The highest BCUT2D eigenvalue weighted by molar-refractivity contribution is 7.82. The number of hydrogen-bond donors (Lipinski definition) is 0. The molecule has 0 radical (unpaired) electrons. The van der Waals surface area contributed by atoms with Gasteiger partial charge in [0.15, 0.2) is 0 Å². The highest BCUT2D eigenvalue weighted by Crippen LogP contribution is 2.41. The van der Waals surface area contributed by atoms with Crippen molar-refractivity contribution < 1.29 is 13.7 Å². The van der Waals surface area contributed by atoms with Crippen LogP contribution < -0.4 is 0 Å². The van der Waals surface area contributed by atoms with Crippen molar-refractivity contribution in [2.75, 3.05) is 39.8 Å². The first-order valence-corrected chi connectivity index (χ1v) is 16.6. The lowest BCUT2D eigenvalue weighted by Gasteiger charge is -2.44. The van der Waals surface area contributed by atoms with Gasteiger partial charge in [-0.25, -0.2) is 13.3 Å². The summed E-state index contributed by atoms with van der Waals surface area (Å²) >= 11 is 0. The summed E-state index contributed by atoms with van der Waals surface area (Å²) in [6.45, 7) is 6.70. The van der Waals surface area contributed by atoms with Gasteiger partial charge in [-0.05, 0) is 80.8 Å². The Balaban J connectivity index is 1.21. The molecular formula is C35H45N3O3S. The smallest absolute Gasteiger partial charge is 0.410 e. The standard InChI is InChI=1S/C35H45N3O3S/c1-3-38(34(39)41-27-29-13-6-4-7-14-29)31-20-24-37(25-21-31)26-23-35(22-12-16-30-15-10-11-19-33(30)35)28-36(2)42(40)32-17-8-5-9-18-32/h4-11,13-15,17-19,31H,3,12,16,20-28H2,1-2H3. The van der Waals surface area contributed by atoms with Crippen molar-refractivity contribution in [1.82, 2.24) is 14.1 Å². The van der Waals surface area contributed by atoms with Crippen LogP contribution in [0.15, 0.2) is 89.8 Å². The molecule has 0 spiro atoms. The molecule has 1 heterocycles. The highest BCUT2D eigenvalue weighted by atomic mass is 32.2. The second kappa shape index (κ2) is 14.5. The van der Waals surface area contributed by atoms with Crippen LogP contribution in [0.25, 0.3) is 0 Å². The maximum atomic E-state index is 13.5. The number of ether oxygens (including phenoxy) is 1. The third-order valence-electron chi connectivity index (χ3n) is 9.13. The average molecular weight is 588 g/mol. The summed E-state index contributed by atoms with van der Waals surface area (Å²) in [4.78, 5) is 18.3. The summed E-state index contributed by atoms with van der Waals surface area (Å²) in [7, 11) is 0.803. The Kier molecular flexibility index (Phi) is 10.5. The van der Waals surface area contributed by atoms with Crippen LogP contribution in [0.3, 0.4) is 0 Å². The van der Waals surface area contributed by atoms with Crippen LogP contribution in [0.5, 0.6) is 0 Å². The van der Waals surface area contributed by atoms with Crippen molar-refractivity contribution in [2.45, 2.75) is 68.4 Å². The van der Waals surface area contributed by atoms with E-state index in [2.05, 4.69) is 29.2 Å². The molecule has 3 aromatic rings. The van der Waals surface area contributed by atoms with E-state index in [1.165, 1.54) is 11.1 Å². The number of fused-ring (bicyclic) bond motifs is 1. The summed E-state index contributed by atoms with van der Waals surface area (Å²) < 4.78 is 21.2. The highest BCUT2D eigenvalue weighted by Gasteiger charge is 2.39. The van der Waals surface area contributed by atoms with Crippen LogP contribution in [0.2, 0.25) is 0 Å². The van der Waals surface area contributed by atoms with Crippen LogP contribution in [0, 0.1) is 0 Å². The van der Waals surface area contributed by atoms with E-state index in [-0.39, 0.29) is 17.6 Å². The molecule has 2 unspecified atom stereocenters. The SMILES string of the molecule is CCN(C(=O)OCc1ccccc1)C1CCN(CCC2(CN(C)S(=O)c3ccccc3)CCCc3ccccc32)CC1. The molecule has 0 saturated carbocycles. The van der Waals surface area contributed by atoms with E-state index >= 15 is 0 Å². The monoisotopic (exact) mass is 587 g/mol. The third-order valence-corrected chi connectivity index (χ3v) is 10.5. The molecule has 5 rings (SSSR count). The molecule has 1 aliphatic heterocycles. The lowest BCUT2D eigenvalue weighted by Crippen LogP contribution is -2.49. The number of amides is 1. The number of carbonyl (C=O) groups excluding carboxylic acids is 1. The van der Waals surface area contributed by atoms with Gasteiger partial charge in [-0.1, -0.05) is 72.8 Å². The Morgan fingerprint density at radius 3 is 2.36 bits per heavy atom. The lowest BCUT2D eigenvalue weighted by molar-refractivity contribution is 0.0614. The molecule has 42 heavy (non-hydrogen) atoms. The van der Waals surface area contributed by atoms with E-state index in [9.17, 15) is 9.00 Å². The molecule has 1 aliphatic carbocycles. The molecule has 7 heteroatoms. The van der Waals surface area contributed by atoms with Gasteiger partial charge in [-0.2, -0.15) is 0 Å². The summed E-state index contributed by atoms with van der Waals surface area (Å²) in [5.74, 6) is 0. The first-order chi connectivity index (χ1) is 20.5. The number of carbonyl (C=O) groups is 1. The number of piperidine rings is 1. The zero-order valence-electron chi connectivity index (χ0n) is 25.1. The summed E-state index contributed by atoms with van der Waals surface area (Å²) in [6.07, 6.45) is 6.09. The largest absolute Gasteiger partial charge is 0.445 e. The minimum absolute atomic E-state index is 0.0401. The predicted octanol–water partition coefficient (Wildman–Crippen LogP) is 6.43. The molecule has 1 fully saturated rings. The first-order valence-electron chi connectivity index (χ1n) is 15.5. The second-order valence-corrected chi connectivity index (χ2v) is 13.4. The lowest BCUT2D eigenvalue weighted by atomic mass is 9.67. The molecular weight excluding hydrogens is 542 g/mol. The van der Waals surface area contributed by atoms with Gasteiger partial charge in [0.25, 0.3) is 0 Å². The minimum Gasteiger partial charge on any atom is -0.445 e. The maximum absolute atomic E-state index is 13.5. The fraction of sp³-hybridized carbons (Fsp3) is 0.457. The Morgan fingerprint density at radius 1 is 0.976 bits per heavy atom. The summed E-state index contributed by atoms with van der Waals surface area (Å²) in [5.41, 5.74) is 3.84. The molecule has 1 saturated heterocycles. The van der Waals surface area contributed by atoms with Gasteiger partial charge >= 0.3 is 6.09 Å². The average Bonchev–Trinajstić information content (AvgIpc) is 3.04. The van der Waals surface area contributed by atoms with Crippen LogP contribution in [0.1, 0.15) is 55.7 Å². The molecule has 1 amide bonds. The van der Waals surface area contributed by atoms with Crippen LogP contribution in [-0.2, 0) is 34.2 Å². The van der Waals surface area contributed by atoms with Crippen molar-refractivity contribution in [1.29, 1.82) is 0 Å². The zero-order valence-corrected chi connectivity index (χ0v) is 25.9. The van der Waals surface area contributed by atoms with Crippen LogP contribution >= 0.6 is 0 Å². The van der Waals surface area contributed by atoms with Crippen molar-refractivity contribution >= 4 is 17.1 Å². The van der Waals surface area contributed by atoms with Gasteiger partial charge in [0.1, 0.15) is 17.6 Å². The molecule has 0 bridgehead atoms. The molecule has 2 aliphatic rings. The quantitative estimate of drug-likeness (QED) is 0.260. The Morgan fingerprint density at radius 2 is 1.64 bits per heavy atom. The maximum Gasteiger partial charge on any atom is 0.410 e. The second-order valence-electron chi connectivity index (χ2n) is 11.8. The van der Waals surface area contributed by atoms with E-state index in [4.69, 9.17) is 4.74 Å². The van der Waals surface area contributed by atoms with Gasteiger partial charge in [0.2, 0.25) is 0 Å². The number of likely N-dealkylation sites (tertiary alicyclic amines) is 1. The number of likely N-dealkylation sites (N-methyl/N-ethyl adjacent to an activating group) is 1. The Hall–Kier alpha value is -3.00. The van der Waals surface area contributed by atoms with E-state index < -0.39 is 11.0 Å². The van der Waals surface area contributed by atoms with Crippen molar-refractivity contribution in [3.8, 4) is 0 Å². The first kappa shape index (κ1) is 30.5. The van der Waals surface area contributed by atoms with Crippen molar-refractivity contribution in [3.63, 3.8) is 0 Å². The molecule has 2 atom stereocenters. The summed E-state index contributed by atoms with van der Waals surface area (Å²) in [6, 6.07) is 28.8. The van der Waals surface area contributed by atoms with Gasteiger partial charge in [0.05, 0.1) is 4.90 Å². The normalized spacial score (nSPS) is 20.2. The van der Waals surface area contributed by atoms with E-state index in [0.717, 1.165) is 75.2 Å². The number of nitrogens with zero attached hydrogens (tertiary/aromatic N) is 3. The number of aryl methyl sites for hydroxylation is 1. The number of rotatable bonds is 11. The number of benzene rings is 3. The number of hydrogen-bond acceptors (Lipinski definition) is 4. The van der Waals surface area contributed by atoms with Gasteiger partial charge in [-0.3, -0.25) is 0 Å². The van der Waals surface area contributed by atoms with E-state index in [1.807, 2.05) is 83.8 Å². The van der Waals surface area contributed by atoms with Gasteiger partial charge < -0.3 is 14.5 Å². The molecule has 6 nitrogen and oxygen atoms in total. The van der Waals surface area contributed by atoms with Gasteiger partial charge in [-0.15, -0.1) is 0 Å². The van der Waals surface area contributed by atoms with Crippen LogP contribution in [-0.4, -0.2) is 70.2 Å². The minimum atomic E-state index is -1.20. The van der Waals surface area contributed by atoms with E-state index in [1.54, 1.807) is 0 Å². The molecule has 3 aromatic carbocycles. The Bertz CT molecular complexity index is 1310. The Labute approximate surface area is 254 Å². The molecule has 0 N–H and O–H groups in total. The third kappa shape index (κ3) is 7.31. The molecule has 0 aromatic heterocycles. The van der Waals surface area contributed by atoms with Gasteiger partial charge in [0, 0.05) is 44.7 Å². The fourth-order valence-electron chi connectivity index (χ4n) is 6.88.